The smallest absolute Gasteiger partial charge is 0.319 e. The lowest BCUT2D eigenvalue weighted by Gasteiger charge is -2.29. The second-order valence-electron chi connectivity index (χ2n) is 5.94. The van der Waals surface area contributed by atoms with Crippen LogP contribution >= 0.6 is 22.6 Å². The molecule has 0 aromatic heterocycles. The van der Waals surface area contributed by atoms with Gasteiger partial charge in [0.2, 0.25) is 0 Å². The minimum Gasteiger partial charge on any atom is -0.504 e. The minimum absolute atomic E-state index is 0.0121. The molecule has 4 N–H and O–H groups in total. The molecule has 0 saturated heterocycles. The van der Waals surface area contributed by atoms with Crippen molar-refractivity contribution in [2.75, 3.05) is 12.4 Å². The van der Waals surface area contributed by atoms with Crippen molar-refractivity contribution in [1.29, 1.82) is 0 Å². The van der Waals surface area contributed by atoms with E-state index in [2.05, 4.69) is 16.0 Å². The maximum Gasteiger partial charge on any atom is 0.319 e. The monoisotopic (exact) mass is 479 g/mol. The van der Waals surface area contributed by atoms with Crippen LogP contribution in [0.3, 0.4) is 0 Å². The Morgan fingerprint density at radius 3 is 2.63 bits per heavy atom. The van der Waals surface area contributed by atoms with Crippen LogP contribution in [0.1, 0.15) is 18.5 Å². The molecule has 0 aliphatic carbocycles. The molecule has 8 heteroatoms. The zero-order valence-corrected chi connectivity index (χ0v) is 16.8. The summed E-state index contributed by atoms with van der Waals surface area (Å²) in [6, 6.07) is 11.3. The Bertz CT molecular complexity index is 928. The number of benzene rings is 2. The van der Waals surface area contributed by atoms with Crippen LogP contribution in [-0.2, 0) is 4.79 Å². The lowest BCUT2D eigenvalue weighted by Crippen LogP contribution is -2.46. The topological polar surface area (TPSA) is 99.7 Å². The van der Waals surface area contributed by atoms with E-state index in [1.54, 1.807) is 31.2 Å². The summed E-state index contributed by atoms with van der Waals surface area (Å²) in [6.07, 6.45) is 0. The fourth-order valence-corrected chi connectivity index (χ4v) is 3.51. The van der Waals surface area contributed by atoms with Crippen molar-refractivity contribution in [1.82, 2.24) is 10.6 Å². The molecule has 1 aliphatic rings. The van der Waals surface area contributed by atoms with Gasteiger partial charge in [0.05, 0.1) is 22.3 Å². The first kappa shape index (κ1) is 19.0. The number of methoxy groups -OCH3 is 1. The molecule has 1 heterocycles. The quantitative estimate of drug-likeness (QED) is 0.506. The molecule has 2 aromatic rings. The van der Waals surface area contributed by atoms with Crippen LogP contribution < -0.4 is 20.7 Å². The third-order valence-electron chi connectivity index (χ3n) is 4.15. The van der Waals surface area contributed by atoms with E-state index < -0.39 is 12.1 Å². The van der Waals surface area contributed by atoms with Crippen LogP contribution in [0.5, 0.6) is 11.5 Å². The fourth-order valence-electron chi connectivity index (χ4n) is 2.88. The Morgan fingerprint density at radius 2 is 1.96 bits per heavy atom. The summed E-state index contributed by atoms with van der Waals surface area (Å²) in [4.78, 5) is 25.0. The van der Waals surface area contributed by atoms with Gasteiger partial charge < -0.3 is 25.8 Å². The molecule has 0 bridgehead atoms. The van der Waals surface area contributed by atoms with Crippen LogP contribution in [-0.4, -0.2) is 24.2 Å². The molecule has 7 nitrogen and oxygen atoms in total. The Morgan fingerprint density at radius 1 is 1.26 bits per heavy atom. The van der Waals surface area contributed by atoms with Crippen molar-refractivity contribution in [2.24, 2.45) is 0 Å². The number of hydrogen-bond acceptors (Lipinski definition) is 4. The number of amides is 3. The lowest BCUT2D eigenvalue weighted by atomic mass is 9.94. The zero-order valence-electron chi connectivity index (χ0n) is 14.7. The van der Waals surface area contributed by atoms with Gasteiger partial charge in [0.15, 0.2) is 11.5 Å². The molecule has 0 fully saturated rings. The van der Waals surface area contributed by atoms with Crippen LogP contribution in [0.4, 0.5) is 10.5 Å². The van der Waals surface area contributed by atoms with Crippen molar-refractivity contribution in [3.05, 3.63) is 62.9 Å². The Hall–Kier alpha value is -2.75. The molecular weight excluding hydrogens is 461 g/mol. The van der Waals surface area contributed by atoms with E-state index in [-0.39, 0.29) is 17.4 Å². The number of aromatic hydroxyl groups is 1. The number of rotatable bonds is 4. The van der Waals surface area contributed by atoms with Crippen molar-refractivity contribution in [3.8, 4) is 11.5 Å². The highest BCUT2D eigenvalue weighted by atomic mass is 127. The number of carbonyl (C=O) groups is 2. The molecule has 0 unspecified atom stereocenters. The summed E-state index contributed by atoms with van der Waals surface area (Å²) < 4.78 is 5.75. The maximum absolute atomic E-state index is 12.9. The van der Waals surface area contributed by atoms with E-state index in [0.717, 1.165) is 0 Å². The van der Waals surface area contributed by atoms with E-state index in [1.807, 2.05) is 40.8 Å². The summed E-state index contributed by atoms with van der Waals surface area (Å²) in [5.74, 6) is -0.0542. The minimum atomic E-state index is -0.689. The van der Waals surface area contributed by atoms with Crippen molar-refractivity contribution >= 4 is 40.2 Å². The number of carbonyl (C=O) groups excluding carboxylic acids is 2. The van der Waals surface area contributed by atoms with Crippen LogP contribution in [0.25, 0.3) is 0 Å². The molecule has 2 aromatic carbocycles. The molecule has 27 heavy (non-hydrogen) atoms. The second kappa shape index (κ2) is 7.87. The zero-order chi connectivity index (χ0) is 19.6. The Balaban J connectivity index is 2.02. The van der Waals surface area contributed by atoms with Gasteiger partial charge in [-0.05, 0) is 59.3 Å². The normalized spacial score (nSPS) is 16.4. The highest BCUT2D eigenvalue weighted by Gasteiger charge is 2.32. The summed E-state index contributed by atoms with van der Waals surface area (Å²) in [7, 11) is 1.44. The number of phenols is 1. The van der Waals surface area contributed by atoms with Gasteiger partial charge in [0.25, 0.3) is 5.91 Å². The maximum atomic E-state index is 12.9. The average molecular weight is 479 g/mol. The van der Waals surface area contributed by atoms with Crippen LogP contribution in [0.15, 0.2) is 53.7 Å². The SMILES string of the molecule is COc1cc([C@H]2NC(=O)NC(C)=C2C(=O)Nc2ccccc2)cc(I)c1O. The van der Waals surface area contributed by atoms with Gasteiger partial charge in [0, 0.05) is 11.4 Å². The second-order valence-corrected chi connectivity index (χ2v) is 7.11. The number of hydrogen-bond donors (Lipinski definition) is 4. The van der Waals surface area contributed by atoms with Crippen molar-refractivity contribution in [2.45, 2.75) is 13.0 Å². The van der Waals surface area contributed by atoms with Crippen molar-refractivity contribution in [3.63, 3.8) is 0 Å². The van der Waals surface area contributed by atoms with Gasteiger partial charge in [0.1, 0.15) is 0 Å². The number of nitrogens with one attached hydrogen (secondary N) is 3. The number of urea groups is 1. The average Bonchev–Trinajstić information content (AvgIpc) is 2.63. The van der Waals surface area contributed by atoms with E-state index in [0.29, 0.717) is 26.1 Å². The fraction of sp³-hybridized carbons (Fsp3) is 0.158. The molecule has 140 valence electrons. The highest BCUT2D eigenvalue weighted by Crippen LogP contribution is 2.37. The third kappa shape index (κ3) is 4.00. The first-order valence-electron chi connectivity index (χ1n) is 8.11. The number of anilines is 1. The van der Waals surface area contributed by atoms with Gasteiger partial charge in [-0.25, -0.2) is 4.79 Å². The van der Waals surface area contributed by atoms with E-state index >= 15 is 0 Å². The van der Waals surface area contributed by atoms with E-state index in [4.69, 9.17) is 4.74 Å². The summed E-state index contributed by atoms with van der Waals surface area (Å²) in [5, 5.41) is 18.3. The third-order valence-corrected chi connectivity index (χ3v) is 4.97. The van der Waals surface area contributed by atoms with Gasteiger partial charge in [-0.1, -0.05) is 18.2 Å². The highest BCUT2D eigenvalue weighted by molar-refractivity contribution is 14.1. The van der Waals surface area contributed by atoms with Gasteiger partial charge in [-0.2, -0.15) is 0 Å². The van der Waals surface area contributed by atoms with Gasteiger partial charge in [-0.15, -0.1) is 0 Å². The first-order valence-corrected chi connectivity index (χ1v) is 9.19. The van der Waals surface area contributed by atoms with Crippen LogP contribution in [0, 0.1) is 3.57 Å². The van der Waals surface area contributed by atoms with Crippen molar-refractivity contribution < 1.29 is 19.4 Å². The number of para-hydroxylation sites is 1. The predicted molar refractivity (Wildman–Crippen MR) is 110 cm³/mol. The lowest BCUT2D eigenvalue weighted by molar-refractivity contribution is -0.113. The first-order chi connectivity index (χ1) is 12.9. The van der Waals surface area contributed by atoms with Crippen LogP contribution in [0.2, 0.25) is 0 Å². The summed E-state index contributed by atoms with van der Waals surface area (Å²) in [5.41, 5.74) is 2.11. The summed E-state index contributed by atoms with van der Waals surface area (Å²) >= 11 is 1.97. The van der Waals surface area contributed by atoms with Gasteiger partial charge in [-0.3, -0.25) is 4.79 Å². The molecule has 0 spiro atoms. The van der Waals surface area contributed by atoms with E-state index in [1.165, 1.54) is 7.11 Å². The number of ether oxygens (including phenoxy) is 1. The Kier molecular flexibility index (Phi) is 5.54. The summed E-state index contributed by atoms with van der Waals surface area (Å²) in [6.45, 7) is 1.67. The molecule has 3 amide bonds. The molecule has 3 rings (SSSR count). The molecule has 1 aliphatic heterocycles. The van der Waals surface area contributed by atoms with Gasteiger partial charge >= 0.3 is 6.03 Å². The number of phenolic OH excluding ortho intramolecular Hbond substituents is 1. The number of halogens is 1. The largest absolute Gasteiger partial charge is 0.504 e. The Labute approximate surface area is 169 Å². The predicted octanol–water partition coefficient (Wildman–Crippen LogP) is 3.27. The molecule has 0 radical (unpaired) electrons. The molecule has 1 atom stereocenters. The standard InChI is InChI=1S/C19H18IN3O4/c1-10-15(18(25)22-12-6-4-3-5-7-12)16(23-19(26)21-10)11-8-13(20)17(24)14(9-11)27-2/h3-9,16,24H,1-2H3,(H,22,25)(H2,21,23,26)/t16-/m1/s1. The number of allylic oxidation sites excluding steroid dienone is 1. The molecule has 0 saturated carbocycles. The molecular formula is C19H18IN3O4. The van der Waals surface area contributed by atoms with E-state index in [9.17, 15) is 14.7 Å².